The fourth-order valence-electron chi connectivity index (χ4n) is 2.09. The third-order valence-corrected chi connectivity index (χ3v) is 8.90. The van der Waals surface area contributed by atoms with Gasteiger partial charge >= 0.3 is 0 Å². The highest BCUT2D eigenvalue weighted by atomic mass is 33.1. The van der Waals surface area contributed by atoms with Crippen LogP contribution in [0.2, 0.25) is 0 Å². The Balaban J connectivity index is 1.83. The van der Waals surface area contributed by atoms with E-state index < -0.39 is 0 Å². The van der Waals surface area contributed by atoms with Crippen molar-refractivity contribution in [2.75, 3.05) is 23.0 Å². The Kier molecular flexibility index (Phi) is 6.57. The first-order chi connectivity index (χ1) is 7.47. The van der Waals surface area contributed by atoms with Gasteiger partial charge in [-0.05, 0) is 30.8 Å². The molecule has 0 unspecified atom stereocenters. The molecule has 0 aromatic carbocycles. The first-order valence-corrected chi connectivity index (χ1v) is 10.5. The lowest BCUT2D eigenvalue weighted by Gasteiger charge is -2.30. The Bertz CT molecular complexity index is 156. The van der Waals surface area contributed by atoms with Gasteiger partial charge in [-0.1, -0.05) is 34.4 Å². The standard InChI is InChI=1S/C11H20S4/c1-2-5-11-10(4-1)13-7-3-6-12-8-9-14-15-11/h10-11H,1-9H2/t10-,11+/m0/s1. The van der Waals surface area contributed by atoms with Gasteiger partial charge in [-0.15, -0.1) is 0 Å². The molecular formula is C11H20S4. The summed E-state index contributed by atoms with van der Waals surface area (Å²) in [6, 6.07) is 0. The number of hydrogen-bond acceptors (Lipinski definition) is 4. The Morgan fingerprint density at radius 3 is 2.53 bits per heavy atom. The summed E-state index contributed by atoms with van der Waals surface area (Å²) in [4.78, 5) is 0. The maximum absolute atomic E-state index is 2.27. The lowest BCUT2D eigenvalue weighted by Crippen LogP contribution is -2.24. The molecule has 4 heteroatoms. The number of thioether (sulfide) groups is 2. The summed E-state index contributed by atoms with van der Waals surface area (Å²) in [6.45, 7) is 0. The first-order valence-electron chi connectivity index (χ1n) is 5.94. The van der Waals surface area contributed by atoms with Crippen molar-refractivity contribution in [1.29, 1.82) is 0 Å². The van der Waals surface area contributed by atoms with Gasteiger partial charge in [0.1, 0.15) is 0 Å². The molecule has 0 N–H and O–H groups in total. The van der Waals surface area contributed by atoms with Gasteiger partial charge in [-0.3, -0.25) is 0 Å². The molecule has 1 aliphatic heterocycles. The van der Waals surface area contributed by atoms with Crippen LogP contribution in [0.3, 0.4) is 0 Å². The maximum Gasteiger partial charge on any atom is 0.0270 e. The average molecular weight is 281 g/mol. The molecule has 1 saturated carbocycles. The van der Waals surface area contributed by atoms with E-state index >= 15 is 0 Å². The fraction of sp³-hybridized carbons (Fsp3) is 1.00. The van der Waals surface area contributed by atoms with E-state index in [0.717, 1.165) is 10.5 Å². The average Bonchev–Trinajstić information content (AvgIpc) is 2.32. The van der Waals surface area contributed by atoms with E-state index in [4.69, 9.17) is 0 Å². The van der Waals surface area contributed by atoms with Crippen LogP contribution in [0.1, 0.15) is 32.1 Å². The third-order valence-electron chi connectivity index (χ3n) is 2.91. The lowest BCUT2D eigenvalue weighted by molar-refractivity contribution is 0.529. The Morgan fingerprint density at radius 2 is 1.60 bits per heavy atom. The molecule has 0 aromatic heterocycles. The molecular weight excluding hydrogens is 260 g/mol. The van der Waals surface area contributed by atoms with Gasteiger partial charge in [0.05, 0.1) is 0 Å². The largest absolute Gasteiger partial charge is 0.161 e. The van der Waals surface area contributed by atoms with Crippen molar-refractivity contribution in [2.45, 2.75) is 42.6 Å². The van der Waals surface area contributed by atoms with Crippen LogP contribution in [0.25, 0.3) is 0 Å². The predicted octanol–water partition coefficient (Wildman–Crippen LogP) is 4.55. The highest BCUT2D eigenvalue weighted by Crippen LogP contribution is 2.41. The van der Waals surface area contributed by atoms with Crippen LogP contribution < -0.4 is 0 Å². The van der Waals surface area contributed by atoms with Crippen molar-refractivity contribution < 1.29 is 0 Å². The van der Waals surface area contributed by atoms with E-state index in [1.165, 1.54) is 55.1 Å². The summed E-state index contributed by atoms with van der Waals surface area (Å²) in [7, 11) is 4.32. The number of fused-ring (bicyclic) bond motifs is 1. The second-order valence-electron chi connectivity index (χ2n) is 4.12. The monoisotopic (exact) mass is 280 g/mol. The minimum atomic E-state index is 0.955. The Labute approximate surface area is 110 Å². The van der Waals surface area contributed by atoms with Crippen LogP contribution >= 0.6 is 45.1 Å². The zero-order valence-corrected chi connectivity index (χ0v) is 12.4. The molecule has 88 valence electrons. The first kappa shape index (κ1) is 12.8. The van der Waals surface area contributed by atoms with Crippen molar-refractivity contribution in [2.24, 2.45) is 0 Å². The minimum Gasteiger partial charge on any atom is -0.161 e. The molecule has 2 aliphatic rings. The fourth-order valence-corrected chi connectivity index (χ4v) is 8.39. The lowest BCUT2D eigenvalue weighted by atomic mass is 10.00. The van der Waals surface area contributed by atoms with Crippen LogP contribution in [-0.2, 0) is 0 Å². The van der Waals surface area contributed by atoms with Crippen molar-refractivity contribution >= 4 is 45.1 Å². The smallest absolute Gasteiger partial charge is 0.0270 e. The molecule has 2 atom stereocenters. The summed E-state index contributed by atoms with van der Waals surface area (Å²) in [5.41, 5.74) is 0. The molecule has 0 radical (unpaired) electrons. The third kappa shape index (κ3) is 4.64. The van der Waals surface area contributed by atoms with Crippen molar-refractivity contribution in [3.8, 4) is 0 Å². The van der Waals surface area contributed by atoms with Crippen LogP contribution in [0.15, 0.2) is 0 Å². The van der Waals surface area contributed by atoms with Gasteiger partial charge < -0.3 is 0 Å². The van der Waals surface area contributed by atoms with Crippen molar-refractivity contribution in [3.63, 3.8) is 0 Å². The summed E-state index contributed by atoms with van der Waals surface area (Å²) in [6.07, 6.45) is 7.34. The SMILES string of the molecule is C1CSCCSS[C@@H]2CCCC[C@@H]2SC1. The van der Waals surface area contributed by atoms with Crippen LogP contribution in [0, 0.1) is 0 Å². The van der Waals surface area contributed by atoms with Gasteiger partial charge in [0.15, 0.2) is 0 Å². The molecule has 0 amide bonds. The second-order valence-corrected chi connectivity index (χ2v) is 9.41. The van der Waals surface area contributed by atoms with E-state index in [-0.39, 0.29) is 0 Å². The Hall–Kier alpha value is 1.40. The van der Waals surface area contributed by atoms with Crippen LogP contribution in [0.4, 0.5) is 0 Å². The van der Waals surface area contributed by atoms with E-state index in [2.05, 4.69) is 45.1 Å². The summed E-state index contributed by atoms with van der Waals surface area (Å²) >= 11 is 4.41. The molecule has 0 nitrogen and oxygen atoms in total. The van der Waals surface area contributed by atoms with Crippen molar-refractivity contribution in [3.05, 3.63) is 0 Å². The number of rotatable bonds is 0. The van der Waals surface area contributed by atoms with Gasteiger partial charge in [-0.25, -0.2) is 0 Å². The maximum atomic E-state index is 2.27. The molecule has 2 fully saturated rings. The van der Waals surface area contributed by atoms with Crippen LogP contribution in [-0.4, -0.2) is 33.5 Å². The second kappa shape index (κ2) is 7.67. The number of hydrogen-bond donors (Lipinski definition) is 0. The van der Waals surface area contributed by atoms with Crippen molar-refractivity contribution in [1.82, 2.24) is 0 Å². The quantitative estimate of drug-likeness (QED) is 0.597. The summed E-state index contributed by atoms with van der Waals surface area (Å²) < 4.78 is 0. The molecule has 0 aromatic rings. The molecule has 1 aliphatic carbocycles. The van der Waals surface area contributed by atoms with E-state index in [1.807, 2.05) is 0 Å². The van der Waals surface area contributed by atoms with Gasteiger partial charge in [0.25, 0.3) is 0 Å². The molecule has 15 heavy (non-hydrogen) atoms. The van der Waals surface area contributed by atoms with E-state index in [0.29, 0.717) is 0 Å². The van der Waals surface area contributed by atoms with E-state index in [9.17, 15) is 0 Å². The minimum absolute atomic E-state index is 0.955. The summed E-state index contributed by atoms with van der Waals surface area (Å²) in [5, 5.41) is 1.93. The zero-order valence-electron chi connectivity index (χ0n) is 9.15. The van der Waals surface area contributed by atoms with Gasteiger partial charge in [0.2, 0.25) is 0 Å². The molecule has 1 heterocycles. The zero-order chi connectivity index (χ0) is 10.3. The molecule has 2 rings (SSSR count). The van der Waals surface area contributed by atoms with Gasteiger partial charge in [-0.2, -0.15) is 23.5 Å². The molecule has 0 bridgehead atoms. The molecule has 0 spiro atoms. The topological polar surface area (TPSA) is 0 Å². The Morgan fingerprint density at radius 1 is 0.733 bits per heavy atom. The van der Waals surface area contributed by atoms with Gasteiger partial charge in [0, 0.05) is 22.0 Å². The molecule has 1 saturated heterocycles. The normalized spacial score (nSPS) is 35.2. The van der Waals surface area contributed by atoms with E-state index in [1.54, 1.807) is 0 Å². The highest BCUT2D eigenvalue weighted by molar-refractivity contribution is 8.77. The highest BCUT2D eigenvalue weighted by Gasteiger charge is 2.26. The summed E-state index contributed by atoms with van der Waals surface area (Å²) in [5.74, 6) is 5.50. The van der Waals surface area contributed by atoms with Crippen LogP contribution in [0.5, 0.6) is 0 Å². The predicted molar refractivity (Wildman–Crippen MR) is 80.5 cm³/mol.